The van der Waals surface area contributed by atoms with Gasteiger partial charge in [0, 0.05) is 13.5 Å². The Morgan fingerprint density at radius 1 is 1.15 bits per heavy atom. The van der Waals surface area contributed by atoms with Crippen LogP contribution in [0.3, 0.4) is 0 Å². The number of rotatable bonds is 7. The number of benzene rings is 2. The summed E-state index contributed by atoms with van der Waals surface area (Å²) < 4.78 is 5.84. The van der Waals surface area contributed by atoms with Crippen LogP contribution >= 0.6 is 22.6 Å². The van der Waals surface area contributed by atoms with E-state index < -0.39 is 18.0 Å². The van der Waals surface area contributed by atoms with E-state index in [1.165, 1.54) is 0 Å². The van der Waals surface area contributed by atoms with Crippen LogP contribution in [0.25, 0.3) is 0 Å². The number of hydrazine groups is 1. The number of ether oxygens (including phenoxy) is 1. The molecular formula is C18H20IN3O4. The van der Waals surface area contributed by atoms with Crippen molar-refractivity contribution in [2.24, 2.45) is 0 Å². The van der Waals surface area contributed by atoms with Crippen LogP contribution in [0.4, 0.5) is 4.79 Å². The highest BCUT2D eigenvalue weighted by atomic mass is 127. The van der Waals surface area contributed by atoms with Crippen LogP contribution in [0, 0.1) is 3.57 Å². The summed E-state index contributed by atoms with van der Waals surface area (Å²) in [6.45, 7) is 0.115. The number of nitrogens with one attached hydrogen (secondary N) is 3. The standard InChI is InChI=1S/C18H20IN3O4/c1-20-22-17(24)15(10-13-7-8-16(23)14(19)9-13)21-18(25)26-11-12-5-3-2-4-6-12/h2-9,15,20,23H,10-11H2,1H3,(H,21,25)(H,22,24)/t15-/m0/s1. The van der Waals surface area contributed by atoms with Crippen LogP contribution in [-0.4, -0.2) is 30.2 Å². The van der Waals surface area contributed by atoms with Crippen molar-refractivity contribution in [1.29, 1.82) is 0 Å². The van der Waals surface area contributed by atoms with Gasteiger partial charge >= 0.3 is 6.09 Å². The Morgan fingerprint density at radius 3 is 2.54 bits per heavy atom. The molecule has 0 aliphatic heterocycles. The summed E-state index contributed by atoms with van der Waals surface area (Å²) in [5, 5.41) is 12.2. The van der Waals surface area contributed by atoms with Crippen molar-refractivity contribution in [2.75, 3.05) is 7.05 Å². The second-order valence-electron chi connectivity index (χ2n) is 5.49. The molecule has 0 radical (unpaired) electrons. The summed E-state index contributed by atoms with van der Waals surface area (Å²) >= 11 is 2.00. The summed E-state index contributed by atoms with van der Waals surface area (Å²) in [6, 6.07) is 13.5. The zero-order chi connectivity index (χ0) is 18.9. The third kappa shape index (κ3) is 6.19. The van der Waals surface area contributed by atoms with E-state index in [0.29, 0.717) is 3.57 Å². The highest BCUT2D eigenvalue weighted by Crippen LogP contribution is 2.21. The summed E-state index contributed by atoms with van der Waals surface area (Å²) in [5.74, 6) is -0.229. The molecule has 7 nitrogen and oxygen atoms in total. The normalized spacial score (nSPS) is 11.5. The number of hydrogen-bond donors (Lipinski definition) is 4. The van der Waals surface area contributed by atoms with Gasteiger partial charge in [0.1, 0.15) is 18.4 Å². The topological polar surface area (TPSA) is 99.7 Å². The van der Waals surface area contributed by atoms with Crippen molar-refractivity contribution in [3.8, 4) is 5.75 Å². The van der Waals surface area contributed by atoms with E-state index in [1.807, 2.05) is 52.9 Å². The molecule has 0 spiro atoms. The van der Waals surface area contributed by atoms with E-state index in [9.17, 15) is 14.7 Å². The van der Waals surface area contributed by atoms with E-state index in [1.54, 1.807) is 25.2 Å². The van der Waals surface area contributed by atoms with Gasteiger partial charge in [-0.3, -0.25) is 10.2 Å². The van der Waals surface area contributed by atoms with E-state index in [0.717, 1.165) is 11.1 Å². The Labute approximate surface area is 165 Å². The van der Waals surface area contributed by atoms with Crippen LogP contribution < -0.4 is 16.2 Å². The number of phenolic OH excluding ortho intramolecular Hbond substituents is 1. The fourth-order valence-electron chi connectivity index (χ4n) is 2.24. The highest BCUT2D eigenvalue weighted by molar-refractivity contribution is 14.1. The quantitative estimate of drug-likeness (QED) is 0.368. The Balaban J connectivity index is 2.00. The molecule has 8 heteroatoms. The lowest BCUT2D eigenvalue weighted by Crippen LogP contribution is -2.51. The zero-order valence-electron chi connectivity index (χ0n) is 14.2. The fraction of sp³-hybridized carbons (Fsp3) is 0.222. The summed E-state index contributed by atoms with van der Waals surface area (Å²) in [7, 11) is 1.56. The van der Waals surface area contributed by atoms with Gasteiger partial charge in [0.25, 0.3) is 5.91 Å². The van der Waals surface area contributed by atoms with Gasteiger partial charge < -0.3 is 15.2 Å². The molecule has 0 fully saturated rings. The average Bonchev–Trinajstić information content (AvgIpc) is 2.63. The molecule has 2 aromatic rings. The lowest BCUT2D eigenvalue weighted by molar-refractivity contribution is -0.123. The molecule has 4 N–H and O–H groups in total. The third-order valence-electron chi connectivity index (χ3n) is 3.52. The smallest absolute Gasteiger partial charge is 0.408 e. The van der Waals surface area contributed by atoms with Crippen molar-refractivity contribution in [1.82, 2.24) is 16.2 Å². The van der Waals surface area contributed by atoms with E-state index in [4.69, 9.17) is 4.74 Å². The van der Waals surface area contributed by atoms with Crippen LogP contribution in [-0.2, 0) is 22.6 Å². The second-order valence-corrected chi connectivity index (χ2v) is 6.65. The van der Waals surface area contributed by atoms with Gasteiger partial charge in [0.2, 0.25) is 0 Å². The number of amides is 2. The monoisotopic (exact) mass is 469 g/mol. The van der Waals surface area contributed by atoms with Crippen LogP contribution in [0.5, 0.6) is 5.75 Å². The number of carbonyl (C=O) groups is 2. The van der Waals surface area contributed by atoms with Gasteiger partial charge in [-0.25, -0.2) is 10.2 Å². The number of carbonyl (C=O) groups excluding carboxylic acids is 2. The molecule has 0 heterocycles. The number of phenols is 1. The molecule has 26 heavy (non-hydrogen) atoms. The number of hydrogen-bond acceptors (Lipinski definition) is 5. The van der Waals surface area contributed by atoms with Gasteiger partial charge in [-0.1, -0.05) is 36.4 Å². The average molecular weight is 469 g/mol. The first-order chi connectivity index (χ1) is 12.5. The molecule has 0 bridgehead atoms. The molecule has 0 saturated heterocycles. The zero-order valence-corrected chi connectivity index (χ0v) is 16.3. The molecular weight excluding hydrogens is 449 g/mol. The minimum atomic E-state index is -0.828. The van der Waals surface area contributed by atoms with Gasteiger partial charge in [0.15, 0.2) is 0 Å². The molecule has 0 unspecified atom stereocenters. The Bertz CT molecular complexity index is 755. The van der Waals surface area contributed by atoms with E-state index in [2.05, 4.69) is 16.2 Å². The first kappa shape index (κ1) is 20.0. The van der Waals surface area contributed by atoms with Gasteiger partial charge in [-0.2, -0.15) is 0 Å². The maximum Gasteiger partial charge on any atom is 0.408 e. The molecule has 1 atom stereocenters. The first-order valence-electron chi connectivity index (χ1n) is 7.91. The van der Waals surface area contributed by atoms with Crippen molar-refractivity contribution in [2.45, 2.75) is 19.1 Å². The number of alkyl carbamates (subject to hydrolysis) is 1. The fourth-order valence-corrected chi connectivity index (χ4v) is 2.82. The first-order valence-corrected chi connectivity index (χ1v) is 8.98. The molecule has 0 aliphatic rings. The number of aromatic hydroxyl groups is 1. The van der Waals surface area contributed by atoms with Crippen molar-refractivity contribution in [3.63, 3.8) is 0 Å². The van der Waals surface area contributed by atoms with Crippen LogP contribution in [0.2, 0.25) is 0 Å². The van der Waals surface area contributed by atoms with E-state index in [-0.39, 0.29) is 18.8 Å². The van der Waals surface area contributed by atoms with Crippen molar-refractivity contribution in [3.05, 3.63) is 63.2 Å². The molecule has 2 aromatic carbocycles. The lowest BCUT2D eigenvalue weighted by atomic mass is 10.1. The predicted molar refractivity (Wildman–Crippen MR) is 105 cm³/mol. The SMILES string of the molecule is CNNC(=O)[C@H](Cc1ccc(O)c(I)c1)NC(=O)OCc1ccccc1. The Morgan fingerprint density at radius 2 is 1.88 bits per heavy atom. The Hall–Kier alpha value is -2.33. The largest absolute Gasteiger partial charge is 0.507 e. The number of halogens is 1. The minimum Gasteiger partial charge on any atom is -0.507 e. The lowest BCUT2D eigenvalue weighted by Gasteiger charge is -2.18. The predicted octanol–water partition coefficient (Wildman–Crippen LogP) is 2.08. The summed E-state index contributed by atoms with van der Waals surface area (Å²) in [5.41, 5.74) is 6.66. The molecule has 138 valence electrons. The molecule has 0 saturated carbocycles. The second kappa shape index (κ2) is 9.97. The van der Waals surface area contributed by atoms with Gasteiger partial charge in [0.05, 0.1) is 3.57 Å². The van der Waals surface area contributed by atoms with E-state index >= 15 is 0 Å². The minimum absolute atomic E-state index is 0.115. The third-order valence-corrected chi connectivity index (χ3v) is 4.39. The molecule has 0 aromatic heterocycles. The van der Waals surface area contributed by atoms with Gasteiger partial charge in [-0.05, 0) is 45.9 Å². The summed E-state index contributed by atoms with van der Waals surface area (Å²) in [4.78, 5) is 24.3. The van der Waals surface area contributed by atoms with Crippen molar-refractivity contribution >= 4 is 34.6 Å². The maximum atomic E-state index is 12.2. The van der Waals surface area contributed by atoms with Gasteiger partial charge in [-0.15, -0.1) is 0 Å². The van der Waals surface area contributed by atoms with Crippen LogP contribution in [0.15, 0.2) is 48.5 Å². The maximum absolute atomic E-state index is 12.2. The summed E-state index contributed by atoms with van der Waals surface area (Å²) in [6.07, 6.45) is -0.428. The molecule has 0 aliphatic carbocycles. The highest BCUT2D eigenvalue weighted by Gasteiger charge is 2.22. The molecule has 2 rings (SSSR count). The van der Waals surface area contributed by atoms with Crippen LogP contribution in [0.1, 0.15) is 11.1 Å². The Kier molecular flexibility index (Phi) is 7.67. The molecule has 2 amide bonds. The van der Waals surface area contributed by atoms with Crippen molar-refractivity contribution < 1.29 is 19.4 Å².